The summed E-state index contributed by atoms with van der Waals surface area (Å²) in [7, 11) is 0. The molecule has 1 aliphatic rings. The lowest BCUT2D eigenvalue weighted by molar-refractivity contribution is 0.205. The van der Waals surface area contributed by atoms with Gasteiger partial charge in [0, 0.05) is 12.6 Å². The fraction of sp³-hybridized carbons (Fsp3) is 1.00. The van der Waals surface area contributed by atoms with Crippen LogP contribution < -0.4 is 11.1 Å². The average molecular weight is 172 g/mol. The van der Waals surface area contributed by atoms with Gasteiger partial charge in [0.1, 0.15) is 0 Å². The topological polar surface area (TPSA) is 58.3 Å². The fourth-order valence-electron chi connectivity index (χ4n) is 1.91. The Morgan fingerprint density at radius 3 is 2.92 bits per heavy atom. The predicted molar refractivity (Wildman–Crippen MR) is 49.9 cm³/mol. The zero-order valence-corrected chi connectivity index (χ0v) is 7.63. The second-order valence-corrected chi connectivity index (χ2v) is 3.58. The second-order valence-electron chi connectivity index (χ2n) is 3.58. The van der Waals surface area contributed by atoms with Crippen molar-refractivity contribution in [2.75, 3.05) is 19.7 Å². The lowest BCUT2D eigenvalue weighted by atomic mass is 10.1. The van der Waals surface area contributed by atoms with Crippen molar-refractivity contribution in [3.63, 3.8) is 0 Å². The van der Waals surface area contributed by atoms with Crippen LogP contribution in [0.5, 0.6) is 0 Å². The van der Waals surface area contributed by atoms with Gasteiger partial charge in [-0.3, -0.25) is 0 Å². The van der Waals surface area contributed by atoms with Gasteiger partial charge >= 0.3 is 0 Å². The first kappa shape index (κ1) is 9.96. The van der Waals surface area contributed by atoms with E-state index in [2.05, 4.69) is 5.32 Å². The molecule has 72 valence electrons. The summed E-state index contributed by atoms with van der Waals surface area (Å²) in [5, 5.41) is 12.5. The third-order valence-corrected chi connectivity index (χ3v) is 2.68. The molecule has 0 heterocycles. The summed E-state index contributed by atoms with van der Waals surface area (Å²) in [5.74, 6) is 0.489. The molecule has 0 aromatic rings. The minimum atomic E-state index is 0.334. The molecule has 0 bridgehead atoms. The number of aliphatic hydroxyl groups excluding tert-OH is 1. The minimum absolute atomic E-state index is 0.334. The highest BCUT2D eigenvalue weighted by molar-refractivity contribution is 4.82. The lowest BCUT2D eigenvalue weighted by Crippen LogP contribution is -2.35. The van der Waals surface area contributed by atoms with E-state index in [1.54, 1.807) is 0 Å². The molecule has 1 rings (SSSR count). The van der Waals surface area contributed by atoms with Gasteiger partial charge in [0.15, 0.2) is 0 Å². The Hall–Kier alpha value is -0.120. The maximum atomic E-state index is 9.03. The van der Waals surface area contributed by atoms with Crippen molar-refractivity contribution < 1.29 is 5.11 Å². The highest BCUT2D eigenvalue weighted by Gasteiger charge is 2.25. The molecule has 12 heavy (non-hydrogen) atoms. The summed E-state index contributed by atoms with van der Waals surface area (Å²) in [6, 6.07) is 0.543. The van der Waals surface area contributed by atoms with Gasteiger partial charge in [-0.05, 0) is 38.3 Å². The molecule has 3 heteroatoms. The largest absolute Gasteiger partial charge is 0.396 e. The highest BCUT2D eigenvalue weighted by Crippen LogP contribution is 2.24. The van der Waals surface area contributed by atoms with Crippen molar-refractivity contribution >= 4 is 0 Å². The van der Waals surface area contributed by atoms with Gasteiger partial charge in [-0.15, -0.1) is 0 Å². The van der Waals surface area contributed by atoms with E-state index < -0.39 is 0 Å². The zero-order chi connectivity index (χ0) is 8.81. The molecule has 0 spiro atoms. The molecule has 1 aliphatic carbocycles. The van der Waals surface area contributed by atoms with Crippen molar-refractivity contribution in [2.45, 2.75) is 31.7 Å². The summed E-state index contributed by atoms with van der Waals surface area (Å²) < 4.78 is 0. The summed E-state index contributed by atoms with van der Waals surface area (Å²) in [4.78, 5) is 0. The molecule has 0 amide bonds. The van der Waals surface area contributed by atoms with Crippen molar-refractivity contribution in [3.05, 3.63) is 0 Å². The van der Waals surface area contributed by atoms with Gasteiger partial charge in [0.25, 0.3) is 0 Å². The summed E-state index contributed by atoms with van der Waals surface area (Å²) in [5.41, 5.74) is 5.39. The van der Waals surface area contributed by atoms with Gasteiger partial charge in [-0.2, -0.15) is 0 Å². The molecule has 1 saturated carbocycles. The molecular weight excluding hydrogens is 152 g/mol. The van der Waals surface area contributed by atoms with Crippen LogP contribution >= 0.6 is 0 Å². The number of rotatable bonds is 5. The van der Waals surface area contributed by atoms with Crippen LogP contribution in [-0.4, -0.2) is 30.8 Å². The molecule has 0 saturated heterocycles. The zero-order valence-electron chi connectivity index (χ0n) is 7.63. The van der Waals surface area contributed by atoms with Crippen molar-refractivity contribution in [1.82, 2.24) is 5.32 Å². The van der Waals surface area contributed by atoms with Crippen molar-refractivity contribution in [3.8, 4) is 0 Å². The smallest absolute Gasteiger partial charge is 0.0474 e. The number of hydrogen-bond donors (Lipinski definition) is 3. The summed E-state index contributed by atoms with van der Waals surface area (Å²) in [6.45, 7) is 2.08. The third kappa shape index (κ3) is 2.73. The molecule has 3 nitrogen and oxygen atoms in total. The molecule has 1 fully saturated rings. The van der Waals surface area contributed by atoms with E-state index in [1.807, 2.05) is 0 Å². The SMILES string of the molecule is NCCCNC1CCCC1CO. The molecule has 0 aromatic heterocycles. The monoisotopic (exact) mass is 172 g/mol. The molecule has 4 N–H and O–H groups in total. The molecule has 0 aromatic carbocycles. The Bertz CT molecular complexity index is 119. The number of hydrogen-bond acceptors (Lipinski definition) is 3. The van der Waals surface area contributed by atoms with Gasteiger partial charge in [0.2, 0.25) is 0 Å². The van der Waals surface area contributed by atoms with Gasteiger partial charge in [0.05, 0.1) is 0 Å². The average Bonchev–Trinajstić information content (AvgIpc) is 2.52. The first-order valence-corrected chi connectivity index (χ1v) is 4.92. The Morgan fingerprint density at radius 2 is 2.25 bits per heavy atom. The lowest BCUT2D eigenvalue weighted by Gasteiger charge is -2.18. The van der Waals surface area contributed by atoms with E-state index in [1.165, 1.54) is 19.3 Å². The number of aliphatic hydroxyl groups is 1. The van der Waals surface area contributed by atoms with Crippen LogP contribution in [0, 0.1) is 5.92 Å². The normalized spacial score (nSPS) is 29.5. The van der Waals surface area contributed by atoms with Crippen LogP contribution in [0.1, 0.15) is 25.7 Å². The van der Waals surface area contributed by atoms with Crippen LogP contribution in [0.2, 0.25) is 0 Å². The molecular formula is C9H20N2O. The quantitative estimate of drug-likeness (QED) is 0.515. The van der Waals surface area contributed by atoms with Gasteiger partial charge in [-0.25, -0.2) is 0 Å². The van der Waals surface area contributed by atoms with Crippen molar-refractivity contribution in [1.29, 1.82) is 0 Å². The van der Waals surface area contributed by atoms with E-state index in [-0.39, 0.29) is 0 Å². The van der Waals surface area contributed by atoms with Crippen molar-refractivity contribution in [2.24, 2.45) is 11.7 Å². The fourth-order valence-corrected chi connectivity index (χ4v) is 1.91. The molecule has 2 unspecified atom stereocenters. The standard InChI is InChI=1S/C9H20N2O/c10-5-2-6-11-9-4-1-3-8(9)7-12/h8-9,11-12H,1-7,10H2. The second kappa shape index (κ2) is 5.51. The third-order valence-electron chi connectivity index (χ3n) is 2.68. The van der Waals surface area contributed by atoms with E-state index in [0.717, 1.165) is 19.5 Å². The van der Waals surface area contributed by atoms with Crippen LogP contribution in [-0.2, 0) is 0 Å². The molecule has 0 aliphatic heterocycles. The van der Waals surface area contributed by atoms with Crippen LogP contribution in [0.25, 0.3) is 0 Å². The number of nitrogens with one attached hydrogen (secondary N) is 1. The number of nitrogens with two attached hydrogens (primary N) is 1. The maximum absolute atomic E-state index is 9.03. The van der Waals surface area contributed by atoms with Crippen LogP contribution in [0.4, 0.5) is 0 Å². The van der Waals surface area contributed by atoms with Crippen LogP contribution in [0.15, 0.2) is 0 Å². The first-order valence-electron chi connectivity index (χ1n) is 4.92. The summed E-state index contributed by atoms with van der Waals surface area (Å²) >= 11 is 0. The Balaban J connectivity index is 2.12. The van der Waals surface area contributed by atoms with Gasteiger partial charge in [-0.1, -0.05) is 6.42 Å². The Morgan fingerprint density at radius 1 is 1.42 bits per heavy atom. The van der Waals surface area contributed by atoms with E-state index in [9.17, 15) is 0 Å². The van der Waals surface area contributed by atoms with Crippen LogP contribution in [0.3, 0.4) is 0 Å². The maximum Gasteiger partial charge on any atom is 0.0474 e. The Labute approximate surface area is 74.3 Å². The highest BCUT2D eigenvalue weighted by atomic mass is 16.3. The predicted octanol–water partition coefficient (Wildman–Crippen LogP) is 0.0858. The first-order chi connectivity index (χ1) is 5.88. The van der Waals surface area contributed by atoms with E-state index >= 15 is 0 Å². The molecule has 0 radical (unpaired) electrons. The van der Waals surface area contributed by atoms with E-state index in [0.29, 0.717) is 18.6 Å². The Kier molecular flexibility index (Phi) is 4.58. The van der Waals surface area contributed by atoms with E-state index in [4.69, 9.17) is 10.8 Å². The molecule has 2 atom stereocenters. The summed E-state index contributed by atoms with van der Waals surface area (Å²) in [6.07, 6.45) is 4.69. The minimum Gasteiger partial charge on any atom is -0.396 e. The van der Waals surface area contributed by atoms with Gasteiger partial charge < -0.3 is 16.2 Å².